The minimum absolute atomic E-state index is 0.572. The smallest absolute Gasteiger partial charge is 0.217 e. The summed E-state index contributed by atoms with van der Waals surface area (Å²) in [6.45, 7) is 1.29. The minimum Gasteiger partial charge on any atom is -0.394 e. The molecule has 0 aromatic heterocycles. The lowest BCUT2D eigenvalue weighted by Gasteiger charge is -2.48. The molecule has 11 N–H and O–H groups in total. The fourth-order valence-corrected chi connectivity index (χ4v) is 5.17. The average molecular weight is 628 g/mol. The van der Waals surface area contributed by atoms with Crippen LogP contribution >= 0.6 is 0 Å². The van der Waals surface area contributed by atoms with Crippen molar-refractivity contribution in [1.82, 2.24) is 16.0 Å². The first kappa shape index (κ1) is 35.4. The monoisotopic (exact) mass is 627 g/mol. The molecule has 43 heavy (non-hydrogen) atoms. The second-order valence-corrected chi connectivity index (χ2v) is 10.6. The molecule has 0 radical (unpaired) electrons. The standard InChI is InChI=1S/C24H41N3O16/c1-7(30)25-13-18(35)17(34)12(40-22(13)38)6-39-23-15(27-9(3)32)20(37)21(11(5-29)42-23)43-24-14(26-8(2)31)19(36)16(33)10(4-28)41-24/h10-24,28-29,33-38H,4-6H2,1-3H3,(H,25,30)(H,26,31)(H,27,32)/t10-,11-,12-,13-,14-,15-,16+,17+,18-,19-,20-,21-,22?,23-,24+/m1/s1. The van der Waals surface area contributed by atoms with Gasteiger partial charge in [0.2, 0.25) is 17.7 Å². The first-order valence-corrected chi connectivity index (χ1v) is 13.5. The van der Waals surface area contributed by atoms with Gasteiger partial charge in [-0.2, -0.15) is 0 Å². The number of hydrogen-bond acceptors (Lipinski definition) is 16. The molecule has 1 unspecified atom stereocenters. The van der Waals surface area contributed by atoms with E-state index in [2.05, 4.69) is 16.0 Å². The number of carbonyl (C=O) groups is 3. The molecule has 0 bridgehead atoms. The number of amides is 3. The van der Waals surface area contributed by atoms with Gasteiger partial charge in [-0.25, -0.2) is 0 Å². The highest BCUT2D eigenvalue weighted by Crippen LogP contribution is 2.30. The zero-order chi connectivity index (χ0) is 32.2. The summed E-state index contributed by atoms with van der Waals surface area (Å²) in [6.07, 6.45) is -18.8. The van der Waals surface area contributed by atoms with Crippen molar-refractivity contribution in [3.05, 3.63) is 0 Å². The first-order valence-electron chi connectivity index (χ1n) is 13.5. The zero-order valence-corrected chi connectivity index (χ0v) is 23.6. The lowest BCUT2D eigenvalue weighted by atomic mass is 9.94. The van der Waals surface area contributed by atoms with E-state index in [0.717, 1.165) is 20.8 Å². The molecule has 248 valence electrons. The van der Waals surface area contributed by atoms with Crippen molar-refractivity contribution < 1.29 is 78.9 Å². The molecule has 0 spiro atoms. The largest absolute Gasteiger partial charge is 0.394 e. The molecule has 3 heterocycles. The molecule has 0 aromatic rings. The Labute approximate surface area is 245 Å². The van der Waals surface area contributed by atoms with Crippen LogP contribution in [0.4, 0.5) is 0 Å². The fraction of sp³-hybridized carbons (Fsp3) is 0.875. The average Bonchev–Trinajstić information content (AvgIpc) is 2.93. The maximum absolute atomic E-state index is 12.0. The van der Waals surface area contributed by atoms with E-state index in [9.17, 15) is 55.2 Å². The summed E-state index contributed by atoms with van der Waals surface area (Å²) in [7, 11) is 0. The Kier molecular flexibility index (Phi) is 12.5. The van der Waals surface area contributed by atoms with Gasteiger partial charge in [0.15, 0.2) is 18.9 Å². The van der Waals surface area contributed by atoms with Gasteiger partial charge in [-0.3, -0.25) is 14.4 Å². The molecule has 19 heteroatoms. The summed E-state index contributed by atoms with van der Waals surface area (Å²) in [5.41, 5.74) is 0. The molecule has 3 fully saturated rings. The number of nitrogens with one attached hydrogen (secondary N) is 3. The predicted molar refractivity (Wildman–Crippen MR) is 136 cm³/mol. The van der Waals surface area contributed by atoms with Gasteiger partial charge in [0.25, 0.3) is 0 Å². The van der Waals surface area contributed by atoms with Crippen LogP contribution in [0.3, 0.4) is 0 Å². The van der Waals surface area contributed by atoms with E-state index >= 15 is 0 Å². The Morgan fingerprint density at radius 1 is 0.605 bits per heavy atom. The van der Waals surface area contributed by atoms with Gasteiger partial charge in [0.1, 0.15) is 73.1 Å². The highest BCUT2D eigenvalue weighted by Gasteiger charge is 2.52. The van der Waals surface area contributed by atoms with E-state index in [1.807, 2.05) is 0 Å². The minimum atomic E-state index is -1.73. The van der Waals surface area contributed by atoms with Crippen molar-refractivity contribution in [1.29, 1.82) is 0 Å². The fourth-order valence-electron chi connectivity index (χ4n) is 5.17. The Hall–Kier alpha value is -2.11. The number of hydrogen-bond donors (Lipinski definition) is 11. The Balaban J connectivity index is 1.78. The van der Waals surface area contributed by atoms with Crippen LogP contribution in [0, 0.1) is 0 Å². The molecule has 19 nitrogen and oxygen atoms in total. The van der Waals surface area contributed by atoms with E-state index in [0.29, 0.717) is 0 Å². The first-order chi connectivity index (χ1) is 20.2. The van der Waals surface area contributed by atoms with Gasteiger partial charge in [0.05, 0.1) is 19.8 Å². The molecule has 3 saturated heterocycles. The topological polar surface area (TPSA) is 295 Å². The van der Waals surface area contributed by atoms with Gasteiger partial charge in [-0.1, -0.05) is 0 Å². The summed E-state index contributed by atoms with van der Waals surface area (Å²) in [4.78, 5) is 35.1. The molecule has 0 aliphatic carbocycles. The van der Waals surface area contributed by atoms with E-state index < -0.39 is 129 Å². The maximum Gasteiger partial charge on any atom is 0.217 e. The summed E-state index contributed by atoms with van der Waals surface area (Å²) in [5.74, 6) is -1.88. The van der Waals surface area contributed by atoms with E-state index in [-0.39, 0.29) is 0 Å². The van der Waals surface area contributed by atoms with Gasteiger partial charge in [-0.05, 0) is 0 Å². The molecule has 15 atom stereocenters. The van der Waals surface area contributed by atoms with Gasteiger partial charge in [-0.15, -0.1) is 0 Å². The van der Waals surface area contributed by atoms with Crippen molar-refractivity contribution in [2.24, 2.45) is 0 Å². The van der Waals surface area contributed by atoms with Crippen LogP contribution in [0.1, 0.15) is 20.8 Å². The van der Waals surface area contributed by atoms with Crippen molar-refractivity contribution in [2.75, 3.05) is 19.8 Å². The van der Waals surface area contributed by atoms with Crippen molar-refractivity contribution in [3.8, 4) is 0 Å². The highest BCUT2D eigenvalue weighted by atomic mass is 16.7. The van der Waals surface area contributed by atoms with Crippen LogP contribution < -0.4 is 16.0 Å². The number of aliphatic hydroxyl groups excluding tert-OH is 8. The SMILES string of the molecule is CC(=O)N[C@H]1[C@H](OC[C@H]2OC(O)[C@H](NC(C)=O)[C@@H](O)[C@H]2O)O[C@H](CO)[C@@H](O[C@@H]2O[C@H](CO)[C@H](O)[C@H](O)[C@H]2NC(C)=O)[C@@H]1O. The number of ether oxygens (including phenoxy) is 5. The number of rotatable bonds is 10. The second-order valence-electron chi connectivity index (χ2n) is 10.6. The Morgan fingerprint density at radius 3 is 1.60 bits per heavy atom. The summed E-state index contributed by atoms with van der Waals surface area (Å²) in [5, 5.41) is 89.8. The normalized spacial score (nSPS) is 43.5. The zero-order valence-electron chi connectivity index (χ0n) is 23.6. The molecular weight excluding hydrogens is 586 g/mol. The number of carbonyl (C=O) groups excluding carboxylic acids is 3. The molecule has 3 aliphatic rings. The van der Waals surface area contributed by atoms with Crippen molar-refractivity contribution >= 4 is 17.7 Å². The summed E-state index contributed by atoms with van der Waals surface area (Å²) in [6, 6.07) is -4.13. The van der Waals surface area contributed by atoms with Crippen LogP contribution in [0.2, 0.25) is 0 Å². The third-order valence-electron chi connectivity index (χ3n) is 7.28. The lowest BCUT2D eigenvalue weighted by molar-refractivity contribution is -0.337. The highest BCUT2D eigenvalue weighted by molar-refractivity contribution is 5.74. The third-order valence-corrected chi connectivity index (χ3v) is 7.28. The third kappa shape index (κ3) is 8.34. The van der Waals surface area contributed by atoms with Crippen LogP contribution in [-0.2, 0) is 38.1 Å². The van der Waals surface area contributed by atoms with E-state index in [4.69, 9.17) is 23.7 Å². The number of aliphatic hydroxyl groups is 8. The molecule has 3 aliphatic heterocycles. The Morgan fingerprint density at radius 2 is 1.07 bits per heavy atom. The van der Waals surface area contributed by atoms with Gasteiger partial charge in [0, 0.05) is 20.8 Å². The summed E-state index contributed by atoms with van der Waals surface area (Å²) < 4.78 is 28.0. The van der Waals surface area contributed by atoms with Crippen LogP contribution in [0.15, 0.2) is 0 Å². The maximum atomic E-state index is 12.0. The van der Waals surface area contributed by atoms with E-state index in [1.165, 1.54) is 0 Å². The van der Waals surface area contributed by atoms with Crippen molar-refractivity contribution in [3.63, 3.8) is 0 Å². The molecule has 3 rings (SSSR count). The van der Waals surface area contributed by atoms with Crippen LogP contribution in [0.5, 0.6) is 0 Å². The lowest BCUT2D eigenvalue weighted by Crippen LogP contribution is -2.69. The Bertz CT molecular complexity index is 962. The van der Waals surface area contributed by atoms with E-state index in [1.54, 1.807) is 0 Å². The second kappa shape index (κ2) is 15.3. The quantitative estimate of drug-likeness (QED) is 0.107. The van der Waals surface area contributed by atoms with Gasteiger partial charge < -0.3 is 80.5 Å². The van der Waals surface area contributed by atoms with Crippen molar-refractivity contribution in [2.45, 2.75) is 113 Å². The molecule has 0 aromatic carbocycles. The summed E-state index contributed by atoms with van der Waals surface area (Å²) >= 11 is 0. The molecular formula is C24H41N3O16. The van der Waals surface area contributed by atoms with Crippen LogP contribution in [0.25, 0.3) is 0 Å². The predicted octanol–water partition coefficient (Wildman–Crippen LogP) is -7.14. The molecule has 3 amide bonds. The van der Waals surface area contributed by atoms with Crippen LogP contribution in [-0.4, -0.2) is 170 Å². The molecule has 0 saturated carbocycles. The van der Waals surface area contributed by atoms with Gasteiger partial charge >= 0.3 is 0 Å².